The molecule has 1 unspecified atom stereocenters. The third kappa shape index (κ3) is 4.31. The summed E-state index contributed by atoms with van der Waals surface area (Å²) < 4.78 is 15.9. The van der Waals surface area contributed by atoms with Crippen molar-refractivity contribution < 1.29 is 28.9 Å². The quantitative estimate of drug-likeness (QED) is 0.741. The molecule has 1 amide bonds. The van der Waals surface area contributed by atoms with Gasteiger partial charge in [0.05, 0.1) is 5.02 Å². The van der Waals surface area contributed by atoms with E-state index in [4.69, 9.17) is 25.8 Å². The number of carboxylic acids is 1. The standard InChI is InChI=1S/C20H20ClNO6/c1-2-8-22(20(25)26-11-13-6-4-3-5-7-13)17(19(23)24)14-9-15(21)18-16(10-14)27-12-28-18/h3-7,9-10,17H,2,8,11-12H2,1H3,(H,23,24). The fourth-order valence-electron chi connectivity index (χ4n) is 2.97. The zero-order valence-corrected chi connectivity index (χ0v) is 16.0. The highest BCUT2D eigenvalue weighted by Gasteiger charge is 2.34. The van der Waals surface area contributed by atoms with Gasteiger partial charge >= 0.3 is 12.1 Å². The minimum atomic E-state index is -1.27. The Kier molecular flexibility index (Phi) is 6.26. The van der Waals surface area contributed by atoms with Crippen LogP contribution in [0, 0.1) is 0 Å². The average molecular weight is 406 g/mol. The second-order valence-electron chi connectivity index (χ2n) is 6.21. The molecule has 1 N–H and O–H groups in total. The number of halogens is 1. The maximum Gasteiger partial charge on any atom is 0.411 e. The topological polar surface area (TPSA) is 85.3 Å². The number of carboxylic acid groups (broad SMARTS) is 1. The van der Waals surface area contributed by atoms with Gasteiger partial charge in [0.15, 0.2) is 17.5 Å². The molecule has 3 rings (SSSR count). The molecule has 0 spiro atoms. The van der Waals surface area contributed by atoms with Crippen LogP contribution in [0.25, 0.3) is 0 Å². The van der Waals surface area contributed by atoms with E-state index in [2.05, 4.69) is 0 Å². The number of carbonyl (C=O) groups excluding carboxylic acids is 1. The van der Waals surface area contributed by atoms with E-state index >= 15 is 0 Å². The molecule has 0 aliphatic carbocycles. The number of hydrogen-bond donors (Lipinski definition) is 1. The van der Waals surface area contributed by atoms with Crippen LogP contribution in [0.1, 0.15) is 30.5 Å². The van der Waals surface area contributed by atoms with E-state index in [1.807, 2.05) is 37.3 Å². The van der Waals surface area contributed by atoms with Crippen molar-refractivity contribution in [3.05, 3.63) is 58.6 Å². The molecule has 0 saturated carbocycles. The first kappa shape index (κ1) is 19.8. The molecule has 1 aliphatic heterocycles. The molecule has 1 heterocycles. The summed E-state index contributed by atoms with van der Waals surface area (Å²) in [6, 6.07) is 10.9. The summed E-state index contributed by atoms with van der Waals surface area (Å²) in [5.41, 5.74) is 1.12. The highest BCUT2D eigenvalue weighted by atomic mass is 35.5. The van der Waals surface area contributed by atoms with Gasteiger partial charge in [-0.25, -0.2) is 9.59 Å². The molecular formula is C20H20ClNO6. The lowest BCUT2D eigenvalue weighted by molar-refractivity contribution is -0.143. The van der Waals surface area contributed by atoms with Crippen LogP contribution in [0.4, 0.5) is 4.79 Å². The number of benzene rings is 2. The second-order valence-corrected chi connectivity index (χ2v) is 6.62. The predicted octanol–water partition coefficient (Wildman–Crippen LogP) is 4.24. The van der Waals surface area contributed by atoms with Crippen molar-refractivity contribution in [1.29, 1.82) is 0 Å². The first-order valence-electron chi connectivity index (χ1n) is 8.80. The molecule has 8 heteroatoms. The van der Waals surface area contributed by atoms with Crippen LogP contribution < -0.4 is 9.47 Å². The van der Waals surface area contributed by atoms with Crippen LogP contribution in [0.2, 0.25) is 5.02 Å². The number of ether oxygens (including phenoxy) is 3. The van der Waals surface area contributed by atoms with Crippen molar-refractivity contribution in [2.24, 2.45) is 0 Å². The molecule has 0 fully saturated rings. The summed E-state index contributed by atoms with van der Waals surface area (Å²) in [6.45, 7) is 2.11. The Morgan fingerprint density at radius 3 is 2.68 bits per heavy atom. The number of rotatable bonds is 7. The Labute approximate surface area is 167 Å². The van der Waals surface area contributed by atoms with Crippen molar-refractivity contribution in [3.63, 3.8) is 0 Å². The number of aliphatic carboxylic acids is 1. The van der Waals surface area contributed by atoms with Gasteiger partial charge in [0.1, 0.15) is 6.61 Å². The van der Waals surface area contributed by atoms with Crippen LogP contribution in [-0.2, 0) is 16.1 Å². The normalized spacial score (nSPS) is 13.1. The summed E-state index contributed by atoms with van der Waals surface area (Å²) in [5, 5.41) is 10.1. The molecule has 2 aromatic carbocycles. The molecule has 1 aliphatic rings. The van der Waals surface area contributed by atoms with Crippen molar-refractivity contribution >= 4 is 23.7 Å². The highest BCUT2D eigenvalue weighted by Crippen LogP contribution is 2.42. The van der Waals surface area contributed by atoms with Gasteiger partial charge in [0.2, 0.25) is 6.79 Å². The molecule has 0 aromatic heterocycles. The van der Waals surface area contributed by atoms with Gasteiger partial charge in [0.25, 0.3) is 0 Å². The average Bonchev–Trinajstić information content (AvgIpc) is 3.15. The zero-order valence-electron chi connectivity index (χ0n) is 15.3. The van der Waals surface area contributed by atoms with Crippen LogP contribution in [0.3, 0.4) is 0 Å². The third-order valence-electron chi connectivity index (χ3n) is 4.22. The van der Waals surface area contributed by atoms with E-state index in [9.17, 15) is 14.7 Å². The van der Waals surface area contributed by atoms with E-state index < -0.39 is 18.1 Å². The lowest BCUT2D eigenvalue weighted by Gasteiger charge is -2.28. The fourth-order valence-corrected chi connectivity index (χ4v) is 3.24. The maximum absolute atomic E-state index is 12.7. The monoisotopic (exact) mass is 405 g/mol. The largest absolute Gasteiger partial charge is 0.479 e. The number of carbonyl (C=O) groups is 2. The first-order valence-corrected chi connectivity index (χ1v) is 9.18. The molecule has 0 saturated heterocycles. The van der Waals surface area contributed by atoms with E-state index in [0.717, 1.165) is 5.56 Å². The minimum absolute atomic E-state index is 0.00797. The van der Waals surface area contributed by atoms with E-state index in [1.54, 1.807) is 0 Å². The van der Waals surface area contributed by atoms with Gasteiger partial charge in [-0.3, -0.25) is 4.90 Å². The summed E-state index contributed by atoms with van der Waals surface area (Å²) in [5.74, 6) is -0.480. The van der Waals surface area contributed by atoms with E-state index in [1.165, 1.54) is 17.0 Å². The highest BCUT2D eigenvalue weighted by molar-refractivity contribution is 6.32. The molecule has 0 radical (unpaired) electrons. The molecule has 7 nitrogen and oxygen atoms in total. The summed E-state index contributed by atoms with van der Waals surface area (Å²) in [7, 11) is 0. The van der Waals surface area contributed by atoms with E-state index in [-0.39, 0.29) is 25.0 Å². The Bertz CT molecular complexity index is 857. The molecule has 28 heavy (non-hydrogen) atoms. The van der Waals surface area contributed by atoms with Crippen molar-refractivity contribution in [2.75, 3.05) is 13.3 Å². The lowest BCUT2D eigenvalue weighted by atomic mass is 10.0. The Hall–Kier alpha value is -2.93. The number of nitrogens with zero attached hydrogens (tertiary/aromatic N) is 1. The maximum atomic E-state index is 12.7. The predicted molar refractivity (Wildman–Crippen MR) is 102 cm³/mol. The van der Waals surface area contributed by atoms with Gasteiger partial charge in [-0.1, -0.05) is 48.9 Å². The number of amides is 1. The van der Waals surface area contributed by atoms with Gasteiger partial charge in [0, 0.05) is 6.54 Å². The third-order valence-corrected chi connectivity index (χ3v) is 4.50. The van der Waals surface area contributed by atoms with E-state index in [0.29, 0.717) is 23.5 Å². The Balaban J connectivity index is 1.85. The lowest BCUT2D eigenvalue weighted by Crippen LogP contribution is -2.39. The SMILES string of the molecule is CCCN(C(=O)OCc1ccccc1)C(C(=O)O)c1cc(Cl)c2c(c1)OCO2. The van der Waals surface area contributed by atoms with Crippen LogP contribution in [-0.4, -0.2) is 35.4 Å². The van der Waals surface area contributed by atoms with Crippen molar-refractivity contribution in [3.8, 4) is 11.5 Å². The van der Waals surface area contributed by atoms with Crippen molar-refractivity contribution in [1.82, 2.24) is 4.90 Å². The summed E-state index contributed by atoms with van der Waals surface area (Å²) >= 11 is 6.19. The molecular weight excluding hydrogens is 386 g/mol. The van der Waals surface area contributed by atoms with Gasteiger partial charge < -0.3 is 19.3 Å². The Morgan fingerprint density at radius 1 is 1.25 bits per heavy atom. The van der Waals surface area contributed by atoms with Crippen molar-refractivity contribution in [2.45, 2.75) is 26.0 Å². The number of fused-ring (bicyclic) bond motifs is 1. The molecule has 1 atom stereocenters. The Morgan fingerprint density at radius 2 is 2.00 bits per heavy atom. The minimum Gasteiger partial charge on any atom is -0.479 e. The van der Waals surface area contributed by atoms with Crippen LogP contribution >= 0.6 is 11.6 Å². The smallest absolute Gasteiger partial charge is 0.411 e. The molecule has 148 valence electrons. The summed E-state index contributed by atoms with van der Waals surface area (Å²) in [6.07, 6.45) is -0.158. The van der Waals surface area contributed by atoms with Crippen LogP contribution in [0.5, 0.6) is 11.5 Å². The molecule has 2 aromatic rings. The zero-order chi connectivity index (χ0) is 20.1. The second kappa shape index (κ2) is 8.84. The van der Waals surface area contributed by atoms with Gasteiger partial charge in [-0.2, -0.15) is 0 Å². The fraction of sp³-hybridized carbons (Fsp3) is 0.300. The molecule has 0 bridgehead atoms. The van der Waals surface area contributed by atoms with Crippen LogP contribution in [0.15, 0.2) is 42.5 Å². The first-order chi connectivity index (χ1) is 13.5. The summed E-state index contributed by atoms with van der Waals surface area (Å²) in [4.78, 5) is 25.9. The van der Waals surface area contributed by atoms with Gasteiger partial charge in [-0.15, -0.1) is 0 Å². The van der Waals surface area contributed by atoms with Gasteiger partial charge in [-0.05, 0) is 29.7 Å². The number of hydrogen-bond acceptors (Lipinski definition) is 5.